The van der Waals surface area contributed by atoms with Crippen LogP contribution < -0.4 is 5.73 Å². The molecule has 7 nitrogen and oxygen atoms in total. The molecule has 0 fully saturated rings. The van der Waals surface area contributed by atoms with Crippen molar-refractivity contribution in [3.8, 4) is 0 Å². The van der Waals surface area contributed by atoms with Crippen LogP contribution in [-0.4, -0.2) is 37.1 Å². The van der Waals surface area contributed by atoms with E-state index >= 15 is 0 Å². The summed E-state index contributed by atoms with van der Waals surface area (Å²) >= 11 is 0. The number of nitrogens with two attached hydrogens (primary N) is 1. The third-order valence-corrected chi connectivity index (χ3v) is 2.81. The van der Waals surface area contributed by atoms with Gasteiger partial charge < -0.3 is 5.73 Å². The third-order valence-electron chi connectivity index (χ3n) is 2.81. The molecule has 0 unspecified atom stereocenters. The second kappa shape index (κ2) is 5.75. The van der Waals surface area contributed by atoms with Crippen molar-refractivity contribution in [2.75, 3.05) is 6.54 Å². The monoisotopic (exact) mass is 262 g/mol. The summed E-state index contributed by atoms with van der Waals surface area (Å²) in [6.45, 7) is 5.69. The molecule has 0 bridgehead atoms. The molecule has 2 N–H and O–H groups in total. The predicted octanol–water partition coefficient (Wildman–Crippen LogP) is 0.187. The van der Waals surface area contributed by atoms with Crippen molar-refractivity contribution >= 4 is 5.78 Å². The minimum Gasteiger partial charge on any atom is -0.329 e. The molecule has 2 heterocycles. The van der Waals surface area contributed by atoms with Gasteiger partial charge in [0, 0.05) is 18.8 Å². The second-order valence-corrected chi connectivity index (χ2v) is 4.35. The molecular formula is C12H18N6O. The number of rotatable bonds is 6. The zero-order valence-electron chi connectivity index (χ0n) is 11.2. The zero-order valence-corrected chi connectivity index (χ0v) is 11.2. The Labute approximate surface area is 111 Å². The number of carbonyl (C=O) groups is 1. The Morgan fingerprint density at radius 1 is 1.47 bits per heavy atom. The summed E-state index contributed by atoms with van der Waals surface area (Å²) < 4.78 is 3.41. The maximum atomic E-state index is 12.1. The van der Waals surface area contributed by atoms with E-state index in [9.17, 15) is 4.79 Å². The fourth-order valence-electron chi connectivity index (χ4n) is 1.94. The molecule has 0 aromatic carbocycles. The Hall–Kier alpha value is -2.02. The van der Waals surface area contributed by atoms with E-state index in [0.29, 0.717) is 18.8 Å². The molecular weight excluding hydrogens is 244 g/mol. The molecule has 2 aromatic heterocycles. The Morgan fingerprint density at radius 2 is 2.26 bits per heavy atom. The van der Waals surface area contributed by atoms with Crippen LogP contribution in [0.2, 0.25) is 0 Å². The fourth-order valence-corrected chi connectivity index (χ4v) is 1.94. The van der Waals surface area contributed by atoms with E-state index in [1.807, 2.05) is 24.6 Å². The molecule has 2 rings (SSSR count). The second-order valence-electron chi connectivity index (χ2n) is 4.35. The van der Waals surface area contributed by atoms with Gasteiger partial charge in [0.05, 0.1) is 24.9 Å². The van der Waals surface area contributed by atoms with Crippen molar-refractivity contribution in [1.29, 1.82) is 0 Å². The highest BCUT2D eigenvalue weighted by atomic mass is 16.1. The number of hydrogen-bond acceptors (Lipinski definition) is 5. The molecule has 0 saturated carbocycles. The van der Waals surface area contributed by atoms with Crippen LogP contribution >= 0.6 is 0 Å². The highest BCUT2D eigenvalue weighted by Crippen LogP contribution is 2.08. The van der Waals surface area contributed by atoms with Gasteiger partial charge in [-0.1, -0.05) is 5.21 Å². The highest BCUT2D eigenvalue weighted by molar-refractivity contribution is 5.95. The van der Waals surface area contributed by atoms with Gasteiger partial charge in [0.2, 0.25) is 0 Å². The summed E-state index contributed by atoms with van der Waals surface area (Å²) in [5.74, 6) is -0.0575. The number of Topliss-reactive ketones (excluding diaryl/α,β-unsaturated/α-hetero) is 1. The van der Waals surface area contributed by atoms with Crippen LogP contribution in [0, 0.1) is 6.92 Å². The van der Waals surface area contributed by atoms with Gasteiger partial charge in [-0.15, -0.1) is 5.10 Å². The number of hydrogen-bond donors (Lipinski definition) is 1. The molecule has 0 saturated heterocycles. The lowest BCUT2D eigenvalue weighted by atomic mass is 10.1. The van der Waals surface area contributed by atoms with Gasteiger partial charge in [-0.05, 0) is 19.9 Å². The van der Waals surface area contributed by atoms with Crippen LogP contribution in [0.5, 0.6) is 0 Å². The standard InChI is InChI=1S/C12H18N6O/c1-3-18-10(6-9(2)15-18)7-12(19)11-8-17(5-4-13)16-14-11/h6,8H,3-5,7,13H2,1-2H3. The van der Waals surface area contributed by atoms with Crippen LogP contribution in [0.15, 0.2) is 12.3 Å². The summed E-state index contributed by atoms with van der Waals surface area (Å²) in [6, 6.07) is 1.92. The maximum Gasteiger partial charge on any atom is 0.190 e. The molecule has 0 radical (unpaired) electrons. The first-order valence-electron chi connectivity index (χ1n) is 6.30. The Balaban J connectivity index is 2.11. The van der Waals surface area contributed by atoms with E-state index < -0.39 is 0 Å². The van der Waals surface area contributed by atoms with Crippen LogP contribution in [-0.2, 0) is 19.5 Å². The normalized spacial score (nSPS) is 10.9. The van der Waals surface area contributed by atoms with E-state index in [1.165, 1.54) is 0 Å². The lowest BCUT2D eigenvalue weighted by molar-refractivity contribution is 0.0985. The summed E-state index contributed by atoms with van der Waals surface area (Å²) in [5, 5.41) is 12.0. The van der Waals surface area contributed by atoms with Gasteiger partial charge in [0.25, 0.3) is 0 Å². The molecule has 0 amide bonds. The molecule has 19 heavy (non-hydrogen) atoms. The fraction of sp³-hybridized carbons (Fsp3) is 0.500. The lowest BCUT2D eigenvalue weighted by Crippen LogP contribution is -2.11. The van der Waals surface area contributed by atoms with E-state index in [4.69, 9.17) is 5.73 Å². The third kappa shape index (κ3) is 3.05. The number of carbonyl (C=O) groups excluding carboxylic acids is 1. The smallest absolute Gasteiger partial charge is 0.190 e. The summed E-state index contributed by atoms with van der Waals surface area (Å²) in [4.78, 5) is 12.1. The van der Waals surface area contributed by atoms with E-state index in [0.717, 1.165) is 17.9 Å². The first-order chi connectivity index (χ1) is 9.13. The summed E-state index contributed by atoms with van der Waals surface area (Å²) in [7, 11) is 0. The topological polar surface area (TPSA) is 91.6 Å². The summed E-state index contributed by atoms with van der Waals surface area (Å²) in [6.07, 6.45) is 1.92. The average molecular weight is 262 g/mol. The molecule has 2 aromatic rings. The first kappa shape index (κ1) is 13.4. The van der Waals surface area contributed by atoms with E-state index in [2.05, 4.69) is 15.4 Å². The van der Waals surface area contributed by atoms with Crippen LogP contribution in [0.4, 0.5) is 0 Å². The van der Waals surface area contributed by atoms with E-state index in [-0.39, 0.29) is 12.2 Å². The molecule has 102 valence electrons. The van der Waals surface area contributed by atoms with Crippen molar-refractivity contribution in [1.82, 2.24) is 24.8 Å². The van der Waals surface area contributed by atoms with Crippen molar-refractivity contribution in [3.63, 3.8) is 0 Å². The van der Waals surface area contributed by atoms with Crippen molar-refractivity contribution < 1.29 is 4.79 Å². The van der Waals surface area contributed by atoms with Crippen LogP contribution in [0.25, 0.3) is 0 Å². The Bertz CT molecular complexity index is 571. The van der Waals surface area contributed by atoms with Crippen LogP contribution in [0.3, 0.4) is 0 Å². The van der Waals surface area contributed by atoms with Gasteiger partial charge in [-0.3, -0.25) is 14.2 Å². The van der Waals surface area contributed by atoms with Crippen molar-refractivity contribution in [2.45, 2.75) is 33.4 Å². The number of aromatic nitrogens is 5. The van der Waals surface area contributed by atoms with Crippen molar-refractivity contribution in [2.24, 2.45) is 5.73 Å². The van der Waals surface area contributed by atoms with Gasteiger partial charge in [0.1, 0.15) is 5.69 Å². The number of nitrogens with zero attached hydrogens (tertiary/aromatic N) is 5. The number of ketones is 1. The average Bonchev–Trinajstić information content (AvgIpc) is 2.96. The molecule has 0 aliphatic carbocycles. The minimum atomic E-state index is -0.0575. The van der Waals surface area contributed by atoms with Gasteiger partial charge in [0.15, 0.2) is 5.78 Å². The van der Waals surface area contributed by atoms with Gasteiger partial charge in [-0.25, -0.2) is 0 Å². The Morgan fingerprint density at radius 3 is 2.95 bits per heavy atom. The number of aryl methyl sites for hydroxylation is 2. The minimum absolute atomic E-state index is 0.0575. The summed E-state index contributed by atoms with van der Waals surface area (Å²) in [5.41, 5.74) is 7.61. The van der Waals surface area contributed by atoms with Gasteiger partial charge in [-0.2, -0.15) is 5.10 Å². The molecule has 0 aliphatic heterocycles. The van der Waals surface area contributed by atoms with E-state index in [1.54, 1.807) is 10.9 Å². The quantitative estimate of drug-likeness (QED) is 0.750. The lowest BCUT2D eigenvalue weighted by Gasteiger charge is -2.02. The molecule has 0 atom stereocenters. The maximum absolute atomic E-state index is 12.1. The van der Waals surface area contributed by atoms with Gasteiger partial charge >= 0.3 is 0 Å². The molecule has 7 heteroatoms. The molecule has 0 aliphatic rings. The predicted molar refractivity (Wildman–Crippen MR) is 69.7 cm³/mol. The SMILES string of the molecule is CCn1nc(C)cc1CC(=O)c1cn(CCN)nn1. The highest BCUT2D eigenvalue weighted by Gasteiger charge is 2.14. The molecule has 0 spiro atoms. The largest absolute Gasteiger partial charge is 0.329 e. The Kier molecular flexibility index (Phi) is 4.06. The first-order valence-corrected chi connectivity index (χ1v) is 6.30. The van der Waals surface area contributed by atoms with Crippen molar-refractivity contribution in [3.05, 3.63) is 29.3 Å². The zero-order chi connectivity index (χ0) is 13.8. The van der Waals surface area contributed by atoms with Crippen LogP contribution in [0.1, 0.15) is 28.8 Å².